The Morgan fingerprint density at radius 2 is 1.92 bits per heavy atom. The molecule has 3 N–H and O–H groups in total. The van der Waals surface area contributed by atoms with Crippen LogP contribution in [0.15, 0.2) is 0 Å². The lowest BCUT2D eigenvalue weighted by molar-refractivity contribution is -0.228. The van der Waals surface area contributed by atoms with Crippen molar-refractivity contribution in [3.8, 4) is 0 Å². The van der Waals surface area contributed by atoms with Crippen LogP contribution in [0.4, 0.5) is 0 Å². The maximum absolute atomic E-state index is 11.8. The first-order valence-corrected chi connectivity index (χ1v) is 10.0. The highest BCUT2D eigenvalue weighted by molar-refractivity contribution is 7.45. The van der Waals surface area contributed by atoms with Crippen LogP contribution in [-0.4, -0.2) is 55.4 Å². The van der Waals surface area contributed by atoms with E-state index < -0.39 is 32.2 Å². The molecule has 0 spiro atoms. The van der Waals surface area contributed by atoms with Gasteiger partial charge in [0.05, 0.1) is 25.4 Å². The van der Waals surface area contributed by atoms with Gasteiger partial charge in [0.15, 0.2) is 0 Å². The molecular weight excluding hydrogens is 337 g/mol. The van der Waals surface area contributed by atoms with Crippen molar-refractivity contribution in [1.82, 2.24) is 0 Å². The molecule has 24 heavy (non-hydrogen) atoms. The molecule has 0 amide bonds. The number of hydrogen-bond donors (Lipinski definition) is 2. The number of hydrogen-bond acceptors (Lipinski definition) is 8. The van der Waals surface area contributed by atoms with Crippen LogP contribution in [-0.2, 0) is 23.1 Å². The van der Waals surface area contributed by atoms with Gasteiger partial charge in [-0.3, -0.25) is 4.57 Å². The van der Waals surface area contributed by atoms with E-state index in [1.165, 1.54) is 0 Å². The van der Waals surface area contributed by atoms with Gasteiger partial charge < -0.3 is 34.3 Å². The quantitative estimate of drug-likeness (QED) is 0.385. The Hall–Kier alpha value is -0.0500. The summed E-state index contributed by atoms with van der Waals surface area (Å²) >= 11 is 0. The highest BCUT2D eigenvalue weighted by Crippen LogP contribution is 2.40. The van der Waals surface area contributed by atoms with Gasteiger partial charge in [-0.15, -0.1) is 0 Å². The minimum absolute atomic E-state index is 0.0851. The van der Waals surface area contributed by atoms with Crippen molar-refractivity contribution in [2.24, 2.45) is 5.73 Å². The number of phosphoric acid groups is 1. The molecule has 5 atom stereocenters. The summed E-state index contributed by atoms with van der Waals surface area (Å²) in [5.41, 5.74) is 5.39. The summed E-state index contributed by atoms with van der Waals surface area (Å²) in [5.74, 6) is 0. The van der Waals surface area contributed by atoms with E-state index in [1.54, 1.807) is 6.92 Å². The van der Waals surface area contributed by atoms with E-state index in [0.717, 1.165) is 19.3 Å². The van der Waals surface area contributed by atoms with Crippen molar-refractivity contribution >= 4 is 7.82 Å². The third-order valence-corrected chi connectivity index (χ3v) is 4.71. The smallest absolute Gasteiger partial charge is 0.267 e. The second-order valence-corrected chi connectivity index (χ2v) is 7.71. The normalized spacial score (nSPS) is 30.0. The lowest BCUT2D eigenvalue weighted by Gasteiger charge is -2.27. The number of phosphoric ester groups is 1. The zero-order chi connectivity index (χ0) is 18.2. The van der Waals surface area contributed by atoms with Gasteiger partial charge in [-0.1, -0.05) is 12.8 Å². The number of aliphatic hydroxyl groups is 1. The number of ether oxygens (including phenoxy) is 2. The molecule has 0 aliphatic carbocycles. The van der Waals surface area contributed by atoms with E-state index >= 15 is 0 Å². The zero-order valence-corrected chi connectivity index (χ0v) is 15.7. The fourth-order valence-corrected chi connectivity index (χ4v) is 3.27. The Balaban J connectivity index is 2.35. The third-order valence-electron chi connectivity index (χ3n) is 3.75. The topological polar surface area (TPSA) is 123 Å². The van der Waals surface area contributed by atoms with Gasteiger partial charge in [0, 0.05) is 0 Å². The molecule has 0 aromatic heterocycles. The van der Waals surface area contributed by atoms with Gasteiger partial charge in [-0.05, 0) is 40.2 Å². The Morgan fingerprint density at radius 3 is 2.54 bits per heavy atom. The lowest BCUT2D eigenvalue weighted by Crippen LogP contribution is -2.38. The molecule has 0 saturated carbocycles. The number of aliphatic hydroxyl groups excluding tert-OH is 1. The number of rotatable bonds is 12. The lowest BCUT2D eigenvalue weighted by atomic mass is 10.1. The van der Waals surface area contributed by atoms with Gasteiger partial charge in [-0.25, -0.2) is 0 Å². The Morgan fingerprint density at radius 1 is 1.25 bits per heavy atom. The average molecular weight is 368 g/mol. The minimum atomic E-state index is -4.39. The van der Waals surface area contributed by atoms with Crippen molar-refractivity contribution in [3.63, 3.8) is 0 Å². The molecule has 8 nitrogen and oxygen atoms in total. The van der Waals surface area contributed by atoms with Crippen LogP contribution in [0.2, 0.25) is 0 Å². The van der Waals surface area contributed by atoms with Crippen LogP contribution >= 0.6 is 7.82 Å². The highest BCUT2D eigenvalue weighted by Gasteiger charge is 2.43. The summed E-state index contributed by atoms with van der Waals surface area (Å²) in [4.78, 5) is 11.8. The largest absolute Gasteiger partial charge is 0.756 e. The van der Waals surface area contributed by atoms with Crippen LogP contribution < -0.4 is 10.6 Å². The van der Waals surface area contributed by atoms with E-state index in [2.05, 4.69) is 0 Å². The molecule has 1 aliphatic rings. The second-order valence-electron chi connectivity index (χ2n) is 6.30. The molecule has 1 rings (SSSR count). The van der Waals surface area contributed by atoms with Crippen molar-refractivity contribution in [1.29, 1.82) is 0 Å². The van der Waals surface area contributed by atoms with Gasteiger partial charge in [0.2, 0.25) is 0 Å². The number of nitrogens with two attached hydrogens (primary N) is 1. The predicted octanol–water partition coefficient (Wildman–Crippen LogP) is 0.949. The molecule has 1 fully saturated rings. The summed E-state index contributed by atoms with van der Waals surface area (Å²) in [5, 5.41) is 10.1. The molecule has 144 valence electrons. The molecule has 9 heteroatoms. The standard InChI is InChI=1S/C15H32NO7P/c1-11(2)22-15-13(23-12(3)14(15)17)10-21-24(18,19)20-9-7-5-4-6-8-16/h11-15,17H,4-10,16H2,1-3H3,(H,18,19)/p-1/t12-,13+,14?,15-/m0/s1. The van der Waals surface area contributed by atoms with Crippen molar-refractivity contribution in [2.75, 3.05) is 19.8 Å². The molecule has 0 bridgehead atoms. The molecule has 0 aromatic carbocycles. The Labute approximate surface area is 144 Å². The first-order valence-electron chi connectivity index (χ1n) is 8.56. The molecule has 1 heterocycles. The SMILES string of the molecule is CC(C)O[C@@H]1C(O)[C@H](C)O[C@@H]1COP(=O)([O-])OCCCCCCN. The van der Waals surface area contributed by atoms with E-state index in [1.807, 2.05) is 13.8 Å². The first kappa shape index (κ1) is 22.0. The van der Waals surface area contributed by atoms with Gasteiger partial charge >= 0.3 is 0 Å². The first-order chi connectivity index (χ1) is 11.3. The van der Waals surface area contributed by atoms with Crippen molar-refractivity contribution in [2.45, 2.75) is 77.0 Å². The van der Waals surface area contributed by atoms with Crippen LogP contribution in [0, 0.1) is 0 Å². The maximum atomic E-state index is 11.8. The van der Waals surface area contributed by atoms with E-state index in [0.29, 0.717) is 13.0 Å². The molecule has 2 unspecified atom stereocenters. The Bertz CT molecular complexity index is 396. The molecular formula is C15H31NO7P-. The van der Waals surface area contributed by atoms with Crippen molar-refractivity contribution < 1.29 is 33.1 Å². The summed E-state index contributed by atoms with van der Waals surface area (Å²) in [7, 11) is -4.39. The average Bonchev–Trinajstić information content (AvgIpc) is 2.76. The number of unbranched alkanes of at least 4 members (excludes halogenated alkanes) is 3. The summed E-state index contributed by atoms with van der Waals surface area (Å²) in [6.45, 7) is 5.85. The van der Waals surface area contributed by atoms with E-state index in [9.17, 15) is 14.6 Å². The highest BCUT2D eigenvalue weighted by atomic mass is 31.2. The molecule has 1 aliphatic heterocycles. The fourth-order valence-electron chi connectivity index (χ4n) is 2.52. The van der Waals surface area contributed by atoms with Gasteiger partial charge in [0.1, 0.15) is 18.3 Å². The van der Waals surface area contributed by atoms with Crippen molar-refractivity contribution in [3.05, 3.63) is 0 Å². The summed E-state index contributed by atoms with van der Waals surface area (Å²) in [6.07, 6.45) is 0.675. The van der Waals surface area contributed by atoms with Gasteiger partial charge in [0.25, 0.3) is 7.82 Å². The van der Waals surface area contributed by atoms with Gasteiger partial charge in [-0.2, -0.15) is 0 Å². The monoisotopic (exact) mass is 368 g/mol. The zero-order valence-electron chi connectivity index (χ0n) is 14.8. The van der Waals surface area contributed by atoms with E-state index in [4.69, 9.17) is 24.3 Å². The molecule has 0 radical (unpaired) electrons. The molecule has 0 aromatic rings. The molecule has 1 saturated heterocycles. The summed E-state index contributed by atoms with van der Waals surface area (Å²) in [6, 6.07) is 0. The third kappa shape index (κ3) is 7.89. The fraction of sp³-hybridized carbons (Fsp3) is 1.00. The van der Waals surface area contributed by atoms with Crippen LogP contribution in [0.3, 0.4) is 0 Å². The minimum Gasteiger partial charge on any atom is -0.756 e. The van der Waals surface area contributed by atoms with Crippen LogP contribution in [0.25, 0.3) is 0 Å². The van der Waals surface area contributed by atoms with Crippen LogP contribution in [0.5, 0.6) is 0 Å². The Kier molecular flexibility index (Phi) is 9.93. The van der Waals surface area contributed by atoms with Crippen LogP contribution in [0.1, 0.15) is 46.5 Å². The summed E-state index contributed by atoms with van der Waals surface area (Å²) < 4.78 is 32.6. The predicted molar refractivity (Wildman–Crippen MR) is 87.4 cm³/mol. The van der Waals surface area contributed by atoms with E-state index in [-0.39, 0.29) is 19.3 Å². The maximum Gasteiger partial charge on any atom is 0.267 e. The second kappa shape index (κ2) is 10.8.